The van der Waals surface area contributed by atoms with Crippen LogP contribution in [-0.2, 0) is 28.6 Å². The Bertz CT molecular complexity index is 1320. The molecular weight excluding hydrogens is 1010 g/mol. The van der Waals surface area contributed by atoms with E-state index < -0.39 is 6.10 Å². The molecule has 0 heterocycles. The van der Waals surface area contributed by atoms with E-state index in [-0.39, 0.29) is 31.1 Å². The van der Waals surface area contributed by atoms with Gasteiger partial charge in [0, 0.05) is 19.3 Å². The minimum atomic E-state index is -0.767. The summed E-state index contributed by atoms with van der Waals surface area (Å²) in [6.45, 7) is 6.72. The molecule has 0 radical (unpaired) electrons. The third-order valence-corrected chi connectivity index (χ3v) is 17.2. The number of ether oxygens (including phenoxy) is 3. The third kappa shape index (κ3) is 68.7. The Morgan fingerprint density at radius 1 is 0.244 bits per heavy atom. The van der Waals surface area contributed by atoms with Gasteiger partial charge in [-0.3, -0.25) is 14.4 Å². The molecule has 0 saturated heterocycles. The number of hydrogen-bond donors (Lipinski definition) is 0. The van der Waals surface area contributed by atoms with Crippen LogP contribution in [-0.4, -0.2) is 37.2 Å². The van der Waals surface area contributed by atoms with Crippen LogP contribution in [0.3, 0.4) is 0 Å². The van der Waals surface area contributed by atoms with Gasteiger partial charge in [0.2, 0.25) is 0 Å². The number of carbonyl (C=O) groups excluding carboxylic acids is 3. The van der Waals surface area contributed by atoms with E-state index in [0.29, 0.717) is 19.3 Å². The molecule has 0 aromatic rings. The highest BCUT2D eigenvalue weighted by Crippen LogP contribution is 2.19. The SMILES string of the molecule is CCCCCCC/C=C\C/C=C\CCCCCCCCCCCCCCCCCCCC(=O)OCC(COC(=O)CCCCCCCCCCCCCCC)OC(=O)CCCCCCCCCCCCCCCCCCCCCCCC. The van der Waals surface area contributed by atoms with E-state index in [1.54, 1.807) is 0 Å². The van der Waals surface area contributed by atoms with Gasteiger partial charge in [-0.15, -0.1) is 0 Å². The lowest BCUT2D eigenvalue weighted by Gasteiger charge is -2.18. The highest BCUT2D eigenvalue weighted by atomic mass is 16.6. The van der Waals surface area contributed by atoms with Crippen molar-refractivity contribution in [1.82, 2.24) is 0 Å². The summed E-state index contributed by atoms with van der Waals surface area (Å²) >= 11 is 0. The van der Waals surface area contributed by atoms with Gasteiger partial charge in [0.05, 0.1) is 0 Å². The Morgan fingerprint density at radius 3 is 0.671 bits per heavy atom. The van der Waals surface area contributed by atoms with Crippen LogP contribution >= 0.6 is 0 Å². The van der Waals surface area contributed by atoms with Crippen LogP contribution in [0.1, 0.15) is 425 Å². The zero-order valence-corrected chi connectivity index (χ0v) is 55.8. The van der Waals surface area contributed by atoms with Crippen LogP contribution in [0.15, 0.2) is 24.3 Å². The van der Waals surface area contributed by atoms with Crippen molar-refractivity contribution < 1.29 is 28.6 Å². The van der Waals surface area contributed by atoms with Gasteiger partial charge in [-0.25, -0.2) is 0 Å². The predicted molar refractivity (Wildman–Crippen MR) is 358 cm³/mol. The summed E-state index contributed by atoms with van der Waals surface area (Å²) in [5.74, 6) is -0.826. The van der Waals surface area contributed by atoms with Gasteiger partial charge >= 0.3 is 17.9 Å². The second-order valence-corrected chi connectivity index (χ2v) is 25.6. The number of carbonyl (C=O) groups is 3. The molecule has 0 amide bonds. The van der Waals surface area contributed by atoms with Crippen molar-refractivity contribution in [3.8, 4) is 0 Å². The fourth-order valence-electron chi connectivity index (χ4n) is 11.6. The Morgan fingerprint density at radius 2 is 0.439 bits per heavy atom. The zero-order chi connectivity index (χ0) is 59.2. The van der Waals surface area contributed by atoms with E-state index in [1.165, 1.54) is 321 Å². The normalized spacial score (nSPS) is 12.1. The van der Waals surface area contributed by atoms with E-state index >= 15 is 0 Å². The first-order valence-electron chi connectivity index (χ1n) is 37.3. The summed E-state index contributed by atoms with van der Waals surface area (Å²) in [5, 5.41) is 0. The first-order valence-corrected chi connectivity index (χ1v) is 37.3. The van der Waals surface area contributed by atoms with Crippen molar-refractivity contribution in [2.45, 2.75) is 431 Å². The Kier molecular flexibility index (Phi) is 69.5. The summed E-state index contributed by atoms with van der Waals surface area (Å²) in [5.41, 5.74) is 0. The van der Waals surface area contributed by atoms with Gasteiger partial charge in [0.1, 0.15) is 13.2 Å². The van der Waals surface area contributed by atoms with Crippen LogP contribution in [0.2, 0.25) is 0 Å². The third-order valence-electron chi connectivity index (χ3n) is 17.2. The monoisotopic (exact) mass is 1150 g/mol. The molecule has 0 aliphatic carbocycles. The Labute approximate surface area is 513 Å². The van der Waals surface area contributed by atoms with Gasteiger partial charge in [0.15, 0.2) is 6.10 Å². The first-order chi connectivity index (χ1) is 40.5. The summed E-state index contributed by atoms with van der Waals surface area (Å²) < 4.78 is 17.0. The second kappa shape index (κ2) is 71.4. The quantitative estimate of drug-likeness (QED) is 0.0261. The first kappa shape index (κ1) is 79.9. The largest absolute Gasteiger partial charge is 0.462 e. The van der Waals surface area contributed by atoms with Gasteiger partial charge in [-0.2, -0.15) is 0 Å². The minimum absolute atomic E-state index is 0.0630. The number of esters is 3. The van der Waals surface area contributed by atoms with E-state index in [9.17, 15) is 14.4 Å². The molecule has 0 rings (SSSR count). The molecule has 0 aliphatic rings. The van der Waals surface area contributed by atoms with Crippen LogP contribution < -0.4 is 0 Å². The lowest BCUT2D eigenvalue weighted by atomic mass is 10.0. The van der Waals surface area contributed by atoms with Gasteiger partial charge in [0.25, 0.3) is 0 Å². The smallest absolute Gasteiger partial charge is 0.306 e. The molecule has 0 aromatic carbocycles. The number of allylic oxidation sites excluding steroid dienone is 4. The lowest BCUT2D eigenvalue weighted by molar-refractivity contribution is -0.167. The van der Waals surface area contributed by atoms with Crippen LogP contribution in [0, 0.1) is 0 Å². The molecule has 0 saturated carbocycles. The van der Waals surface area contributed by atoms with E-state index in [2.05, 4.69) is 45.1 Å². The van der Waals surface area contributed by atoms with Crippen molar-refractivity contribution in [2.75, 3.05) is 13.2 Å². The second-order valence-electron chi connectivity index (χ2n) is 25.6. The molecule has 0 aliphatic heterocycles. The molecule has 0 N–H and O–H groups in total. The average molecular weight is 1150 g/mol. The maximum atomic E-state index is 13.0. The Hall–Kier alpha value is -2.11. The van der Waals surface area contributed by atoms with Crippen molar-refractivity contribution in [2.24, 2.45) is 0 Å². The summed E-state index contributed by atoms with van der Waals surface area (Å²) in [6, 6.07) is 0. The van der Waals surface area contributed by atoms with Crippen molar-refractivity contribution in [1.29, 1.82) is 0 Å². The van der Waals surface area contributed by atoms with E-state index in [4.69, 9.17) is 14.2 Å². The highest BCUT2D eigenvalue weighted by molar-refractivity contribution is 5.71. The van der Waals surface area contributed by atoms with Gasteiger partial charge in [-0.1, -0.05) is 379 Å². The van der Waals surface area contributed by atoms with E-state index in [1.807, 2.05) is 0 Å². The molecule has 0 fully saturated rings. The number of unbranched alkanes of at least 4 members (excludes halogenated alkanes) is 55. The summed E-state index contributed by atoms with van der Waals surface area (Å²) in [6.07, 6.45) is 87.9. The molecule has 6 nitrogen and oxygen atoms in total. The molecule has 484 valence electrons. The highest BCUT2D eigenvalue weighted by Gasteiger charge is 2.20. The van der Waals surface area contributed by atoms with Crippen molar-refractivity contribution in [3.05, 3.63) is 24.3 Å². The molecule has 6 heteroatoms. The number of hydrogen-bond acceptors (Lipinski definition) is 6. The fraction of sp³-hybridized carbons (Fsp3) is 0.908. The molecule has 1 atom stereocenters. The van der Waals surface area contributed by atoms with Crippen LogP contribution in [0.5, 0.6) is 0 Å². The summed E-state index contributed by atoms with van der Waals surface area (Å²) in [4.78, 5) is 38.5. The lowest BCUT2D eigenvalue weighted by Crippen LogP contribution is -2.30. The molecule has 82 heavy (non-hydrogen) atoms. The maximum absolute atomic E-state index is 13.0. The average Bonchev–Trinajstić information content (AvgIpc) is 3.47. The minimum Gasteiger partial charge on any atom is -0.462 e. The van der Waals surface area contributed by atoms with E-state index in [0.717, 1.165) is 64.2 Å². The maximum Gasteiger partial charge on any atom is 0.306 e. The predicted octanol–water partition coefficient (Wildman–Crippen LogP) is 25.7. The standard InChI is InChI=1S/C76H144O6/c1-4-7-10-13-16-19-22-25-27-29-31-33-35-36-37-38-39-40-41-43-44-46-48-51-54-57-60-63-66-69-75(78)81-72-73(71-80-74(77)68-65-62-59-56-53-50-24-21-18-15-12-9-6-3)82-76(79)70-67-64-61-58-55-52-49-47-45-42-34-32-30-28-26-23-20-17-14-11-8-5-2/h22,25,29,31,73H,4-21,23-24,26-28,30,32-72H2,1-3H3/b25-22-,31-29-. The van der Waals surface area contributed by atoms with Crippen molar-refractivity contribution in [3.63, 3.8) is 0 Å². The van der Waals surface area contributed by atoms with Gasteiger partial charge in [-0.05, 0) is 51.4 Å². The molecular formula is C76H144O6. The molecule has 0 spiro atoms. The molecule has 1 unspecified atom stereocenters. The Balaban J connectivity index is 4.17. The number of rotatable bonds is 70. The van der Waals surface area contributed by atoms with Gasteiger partial charge < -0.3 is 14.2 Å². The van der Waals surface area contributed by atoms with Crippen LogP contribution in [0.25, 0.3) is 0 Å². The summed E-state index contributed by atoms with van der Waals surface area (Å²) in [7, 11) is 0. The van der Waals surface area contributed by atoms with Crippen molar-refractivity contribution >= 4 is 17.9 Å². The zero-order valence-electron chi connectivity index (χ0n) is 55.8. The fourth-order valence-corrected chi connectivity index (χ4v) is 11.6. The molecule has 0 aromatic heterocycles. The molecule has 0 bridgehead atoms. The topological polar surface area (TPSA) is 78.9 Å². The van der Waals surface area contributed by atoms with Crippen LogP contribution in [0.4, 0.5) is 0 Å².